The van der Waals surface area contributed by atoms with E-state index in [1.165, 1.54) is 5.56 Å². The highest BCUT2D eigenvalue weighted by Crippen LogP contribution is 2.47. The zero-order chi connectivity index (χ0) is 15.4. The van der Waals surface area contributed by atoms with Crippen molar-refractivity contribution in [2.45, 2.75) is 19.3 Å². The van der Waals surface area contributed by atoms with E-state index < -0.39 is 0 Å². The molecule has 0 unspecified atom stereocenters. The van der Waals surface area contributed by atoms with Gasteiger partial charge >= 0.3 is 0 Å². The number of hydrogen-bond acceptors (Lipinski definition) is 4. The molecule has 114 valence electrons. The lowest BCUT2D eigenvalue weighted by Crippen LogP contribution is -2.30. The van der Waals surface area contributed by atoms with Gasteiger partial charge in [-0.3, -0.25) is 4.79 Å². The summed E-state index contributed by atoms with van der Waals surface area (Å²) in [6, 6.07) is 14.0. The largest absolute Gasteiger partial charge is 0.367 e. The van der Waals surface area contributed by atoms with Gasteiger partial charge in [0.05, 0.1) is 5.69 Å². The number of aromatic nitrogens is 2. The molecule has 1 aromatic heterocycles. The zero-order valence-corrected chi connectivity index (χ0v) is 12.6. The Morgan fingerprint density at radius 3 is 2.68 bits per heavy atom. The number of carbonyl (C=O) groups is 1. The summed E-state index contributed by atoms with van der Waals surface area (Å²) >= 11 is 0. The lowest BCUT2D eigenvalue weighted by Gasteiger charge is -2.07. The molecule has 0 spiro atoms. The van der Waals surface area contributed by atoms with E-state index in [0.29, 0.717) is 19.0 Å². The average molecular weight is 296 g/mol. The van der Waals surface area contributed by atoms with E-state index >= 15 is 0 Å². The molecule has 5 nitrogen and oxygen atoms in total. The topological polar surface area (TPSA) is 66.9 Å². The highest BCUT2D eigenvalue weighted by Gasteiger charge is 2.43. The maximum atomic E-state index is 12.1. The fraction of sp³-hybridized carbons (Fsp3) is 0.353. The average Bonchev–Trinajstić information content (AvgIpc) is 3.35. The SMILES string of the molecule is Cc1ccc(NCCNC(=O)[C@H]2C[C@@H]2c2ccccc2)nn1. The van der Waals surface area contributed by atoms with Crippen LogP contribution >= 0.6 is 0 Å². The molecule has 1 saturated carbocycles. The lowest BCUT2D eigenvalue weighted by molar-refractivity contribution is -0.122. The van der Waals surface area contributed by atoms with E-state index in [2.05, 4.69) is 33.0 Å². The van der Waals surface area contributed by atoms with Gasteiger partial charge in [-0.1, -0.05) is 30.3 Å². The Labute approximate surface area is 130 Å². The van der Waals surface area contributed by atoms with Crippen LogP contribution in [0.4, 0.5) is 5.82 Å². The molecule has 0 radical (unpaired) electrons. The van der Waals surface area contributed by atoms with Gasteiger partial charge < -0.3 is 10.6 Å². The molecule has 5 heteroatoms. The van der Waals surface area contributed by atoms with Gasteiger partial charge in [0, 0.05) is 19.0 Å². The summed E-state index contributed by atoms with van der Waals surface area (Å²) in [5.74, 6) is 1.39. The van der Waals surface area contributed by atoms with Crippen LogP contribution in [0.15, 0.2) is 42.5 Å². The zero-order valence-electron chi connectivity index (χ0n) is 12.6. The Balaban J connectivity index is 1.38. The molecule has 1 aliphatic rings. The minimum absolute atomic E-state index is 0.126. The van der Waals surface area contributed by atoms with E-state index in [0.717, 1.165) is 17.9 Å². The molecule has 2 N–H and O–H groups in total. The van der Waals surface area contributed by atoms with Gasteiger partial charge in [-0.05, 0) is 37.0 Å². The quantitative estimate of drug-likeness (QED) is 0.801. The summed E-state index contributed by atoms with van der Waals surface area (Å²) in [5.41, 5.74) is 2.15. The Morgan fingerprint density at radius 1 is 1.14 bits per heavy atom. The summed E-state index contributed by atoms with van der Waals surface area (Å²) in [7, 11) is 0. The summed E-state index contributed by atoms with van der Waals surface area (Å²) in [6.45, 7) is 3.13. The number of aryl methyl sites for hydroxylation is 1. The van der Waals surface area contributed by atoms with Crippen LogP contribution in [-0.4, -0.2) is 29.2 Å². The van der Waals surface area contributed by atoms with Crippen molar-refractivity contribution < 1.29 is 4.79 Å². The third-order valence-electron chi connectivity index (χ3n) is 3.88. The highest BCUT2D eigenvalue weighted by molar-refractivity contribution is 5.82. The van der Waals surface area contributed by atoms with Crippen molar-refractivity contribution in [3.8, 4) is 0 Å². The summed E-state index contributed by atoms with van der Waals surface area (Å²) in [5, 5.41) is 14.1. The van der Waals surface area contributed by atoms with Crippen LogP contribution in [0.25, 0.3) is 0 Å². The van der Waals surface area contributed by atoms with Crippen LogP contribution in [0.5, 0.6) is 0 Å². The number of anilines is 1. The van der Waals surface area contributed by atoms with Gasteiger partial charge in [0.2, 0.25) is 5.91 Å². The van der Waals surface area contributed by atoms with E-state index in [1.54, 1.807) is 0 Å². The minimum Gasteiger partial charge on any atom is -0.367 e. The molecule has 0 saturated heterocycles. The third-order valence-corrected chi connectivity index (χ3v) is 3.88. The molecular weight excluding hydrogens is 276 g/mol. The van der Waals surface area contributed by atoms with Crippen molar-refractivity contribution in [1.29, 1.82) is 0 Å². The van der Waals surface area contributed by atoms with Crippen LogP contribution in [0.3, 0.4) is 0 Å². The Morgan fingerprint density at radius 2 is 1.95 bits per heavy atom. The molecule has 0 bridgehead atoms. The predicted molar refractivity (Wildman–Crippen MR) is 85.6 cm³/mol. The first-order valence-corrected chi connectivity index (χ1v) is 7.61. The highest BCUT2D eigenvalue weighted by atomic mass is 16.2. The monoisotopic (exact) mass is 296 g/mol. The number of hydrogen-bond donors (Lipinski definition) is 2. The Bertz CT molecular complexity index is 627. The molecule has 1 aliphatic carbocycles. The molecule has 1 amide bonds. The fourth-order valence-corrected chi connectivity index (χ4v) is 2.55. The second-order valence-corrected chi connectivity index (χ2v) is 5.64. The number of amides is 1. The van der Waals surface area contributed by atoms with Gasteiger partial charge in [0.25, 0.3) is 0 Å². The van der Waals surface area contributed by atoms with E-state index in [9.17, 15) is 4.79 Å². The number of nitrogens with one attached hydrogen (secondary N) is 2. The summed E-state index contributed by atoms with van der Waals surface area (Å²) < 4.78 is 0. The molecule has 0 aliphatic heterocycles. The first-order chi connectivity index (χ1) is 10.7. The second kappa shape index (κ2) is 6.56. The summed E-state index contributed by atoms with van der Waals surface area (Å²) in [4.78, 5) is 12.1. The summed E-state index contributed by atoms with van der Waals surface area (Å²) in [6.07, 6.45) is 0.951. The van der Waals surface area contributed by atoms with Crippen molar-refractivity contribution in [3.63, 3.8) is 0 Å². The predicted octanol–water partition coefficient (Wildman–Crippen LogP) is 2.12. The Hall–Kier alpha value is -2.43. The second-order valence-electron chi connectivity index (χ2n) is 5.64. The molecular formula is C17H20N4O. The van der Waals surface area contributed by atoms with Gasteiger partial charge in [0.15, 0.2) is 0 Å². The maximum absolute atomic E-state index is 12.1. The number of benzene rings is 1. The number of rotatable bonds is 6. The van der Waals surface area contributed by atoms with Gasteiger partial charge in [0.1, 0.15) is 5.82 Å². The molecule has 22 heavy (non-hydrogen) atoms. The van der Waals surface area contributed by atoms with Crippen LogP contribution < -0.4 is 10.6 Å². The van der Waals surface area contributed by atoms with Crippen molar-refractivity contribution in [2.75, 3.05) is 18.4 Å². The van der Waals surface area contributed by atoms with Crippen molar-refractivity contribution in [3.05, 3.63) is 53.7 Å². The van der Waals surface area contributed by atoms with E-state index in [-0.39, 0.29) is 11.8 Å². The lowest BCUT2D eigenvalue weighted by atomic mass is 10.1. The van der Waals surface area contributed by atoms with Crippen LogP contribution in [-0.2, 0) is 4.79 Å². The fourth-order valence-electron chi connectivity index (χ4n) is 2.55. The van der Waals surface area contributed by atoms with Gasteiger partial charge in [-0.2, -0.15) is 5.10 Å². The maximum Gasteiger partial charge on any atom is 0.223 e. The first kappa shape index (κ1) is 14.5. The smallest absolute Gasteiger partial charge is 0.223 e. The molecule has 1 aromatic carbocycles. The van der Waals surface area contributed by atoms with Crippen molar-refractivity contribution in [2.24, 2.45) is 5.92 Å². The van der Waals surface area contributed by atoms with Crippen LogP contribution in [0, 0.1) is 12.8 Å². The van der Waals surface area contributed by atoms with Crippen LogP contribution in [0.1, 0.15) is 23.6 Å². The molecule has 1 fully saturated rings. The van der Waals surface area contributed by atoms with Gasteiger partial charge in [-0.15, -0.1) is 5.10 Å². The molecule has 1 heterocycles. The molecule has 3 rings (SSSR count). The van der Waals surface area contributed by atoms with Crippen molar-refractivity contribution >= 4 is 11.7 Å². The number of carbonyl (C=O) groups excluding carboxylic acids is 1. The first-order valence-electron chi connectivity index (χ1n) is 7.61. The minimum atomic E-state index is 0.126. The number of nitrogens with zero attached hydrogens (tertiary/aromatic N) is 2. The van der Waals surface area contributed by atoms with Crippen LogP contribution in [0.2, 0.25) is 0 Å². The van der Waals surface area contributed by atoms with Gasteiger partial charge in [-0.25, -0.2) is 0 Å². The standard InChI is InChI=1S/C17H20N4O/c1-12-7-8-16(21-20-12)18-9-10-19-17(22)15-11-14(15)13-5-3-2-4-6-13/h2-8,14-15H,9-11H2,1H3,(H,18,21)(H,19,22)/t14-,15+/m1/s1. The normalized spacial score (nSPS) is 19.5. The van der Waals surface area contributed by atoms with E-state index in [4.69, 9.17) is 0 Å². The van der Waals surface area contributed by atoms with Crippen molar-refractivity contribution in [1.82, 2.24) is 15.5 Å². The van der Waals surface area contributed by atoms with E-state index in [1.807, 2.05) is 37.3 Å². The Kier molecular flexibility index (Phi) is 4.32. The molecule has 2 aromatic rings. The molecule has 2 atom stereocenters. The third kappa shape index (κ3) is 3.61.